The van der Waals surface area contributed by atoms with Crippen molar-refractivity contribution in [2.24, 2.45) is 0 Å². The van der Waals surface area contributed by atoms with Crippen LogP contribution in [0, 0.1) is 19.7 Å². The summed E-state index contributed by atoms with van der Waals surface area (Å²) in [6.45, 7) is 4.09. The highest BCUT2D eigenvalue weighted by Gasteiger charge is 2.21. The zero-order valence-electron chi connectivity index (χ0n) is 12.3. The van der Waals surface area contributed by atoms with Gasteiger partial charge in [-0.15, -0.1) is 0 Å². The predicted octanol–water partition coefficient (Wildman–Crippen LogP) is 3.76. The molecule has 0 aromatic heterocycles. The van der Waals surface area contributed by atoms with E-state index < -0.39 is 0 Å². The smallest absolute Gasteiger partial charge is 0.132 e. The van der Waals surface area contributed by atoms with E-state index in [-0.39, 0.29) is 11.9 Å². The molecule has 0 bridgehead atoms. The number of hydrogen-bond acceptors (Lipinski definition) is 2. The van der Waals surface area contributed by atoms with Crippen molar-refractivity contribution in [3.63, 3.8) is 0 Å². The van der Waals surface area contributed by atoms with Crippen LogP contribution in [0.15, 0.2) is 36.4 Å². The molecule has 0 aliphatic carbocycles. The summed E-state index contributed by atoms with van der Waals surface area (Å²) < 4.78 is 19.6. The quantitative estimate of drug-likeness (QED) is 0.915. The third-order valence-corrected chi connectivity index (χ3v) is 3.39. The summed E-state index contributed by atoms with van der Waals surface area (Å²) in [4.78, 5) is 0. The van der Waals surface area contributed by atoms with Crippen LogP contribution in [0.4, 0.5) is 4.39 Å². The number of benzene rings is 2. The van der Waals surface area contributed by atoms with Crippen molar-refractivity contribution in [3.8, 4) is 5.75 Å². The highest BCUT2D eigenvalue weighted by Crippen LogP contribution is 2.32. The van der Waals surface area contributed by atoms with E-state index >= 15 is 0 Å². The monoisotopic (exact) mass is 273 g/mol. The molecule has 0 spiro atoms. The Kier molecular flexibility index (Phi) is 4.40. The van der Waals surface area contributed by atoms with Crippen molar-refractivity contribution in [1.82, 2.24) is 5.32 Å². The van der Waals surface area contributed by atoms with E-state index in [0.717, 1.165) is 16.7 Å². The van der Waals surface area contributed by atoms with Crippen LogP contribution >= 0.6 is 0 Å². The first kappa shape index (κ1) is 14.5. The first-order valence-corrected chi connectivity index (χ1v) is 6.64. The molecule has 0 fully saturated rings. The van der Waals surface area contributed by atoms with Gasteiger partial charge in [0.2, 0.25) is 0 Å². The van der Waals surface area contributed by atoms with Gasteiger partial charge in [0.25, 0.3) is 0 Å². The molecule has 0 aliphatic heterocycles. The summed E-state index contributed by atoms with van der Waals surface area (Å²) in [5.74, 6) is 0.298. The molecule has 2 rings (SSSR count). The lowest BCUT2D eigenvalue weighted by atomic mass is 9.94. The van der Waals surface area contributed by atoms with Gasteiger partial charge >= 0.3 is 0 Å². The summed E-state index contributed by atoms with van der Waals surface area (Å²) in [6, 6.07) is 10.9. The molecule has 0 amide bonds. The zero-order valence-corrected chi connectivity index (χ0v) is 12.3. The highest BCUT2D eigenvalue weighted by molar-refractivity contribution is 5.44. The Balaban J connectivity index is 2.58. The molecule has 0 aliphatic rings. The van der Waals surface area contributed by atoms with Gasteiger partial charge in [-0.3, -0.25) is 0 Å². The minimum atomic E-state index is -0.261. The molecule has 0 heterocycles. The molecule has 1 unspecified atom stereocenters. The molecule has 1 atom stereocenters. The van der Waals surface area contributed by atoms with Gasteiger partial charge in [-0.25, -0.2) is 4.39 Å². The predicted molar refractivity (Wildman–Crippen MR) is 79.8 cm³/mol. The lowest BCUT2D eigenvalue weighted by molar-refractivity contribution is 0.398. The third kappa shape index (κ3) is 2.83. The Bertz CT molecular complexity index is 590. The van der Waals surface area contributed by atoms with Gasteiger partial charge in [0, 0.05) is 0 Å². The van der Waals surface area contributed by atoms with E-state index in [1.165, 1.54) is 6.07 Å². The third-order valence-electron chi connectivity index (χ3n) is 3.39. The van der Waals surface area contributed by atoms with Crippen LogP contribution in [0.1, 0.15) is 28.3 Å². The fraction of sp³-hybridized carbons (Fsp3) is 0.294. The van der Waals surface area contributed by atoms with Crippen LogP contribution in [0.3, 0.4) is 0 Å². The topological polar surface area (TPSA) is 21.3 Å². The molecule has 2 aromatic rings. The normalized spacial score (nSPS) is 12.2. The van der Waals surface area contributed by atoms with Gasteiger partial charge in [0.1, 0.15) is 11.6 Å². The molecule has 2 aromatic carbocycles. The van der Waals surface area contributed by atoms with Crippen LogP contribution < -0.4 is 10.1 Å². The summed E-state index contributed by atoms with van der Waals surface area (Å²) in [5.41, 5.74) is 3.90. The van der Waals surface area contributed by atoms with Gasteiger partial charge in [0.15, 0.2) is 0 Å². The van der Waals surface area contributed by atoms with Crippen molar-refractivity contribution in [3.05, 3.63) is 64.5 Å². The molecule has 0 radical (unpaired) electrons. The maximum atomic E-state index is 14.2. The Labute approximate surface area is 119 Å². The van der Waals surface area contributed by atoms with E-state index in [4.69, 9.17) is 4.74 Å². The van der Waals surface area contributed by atoms with Crippen molar-refractivity contribution in [2.75, 3.05) is 14.2 Å². The second kappa shape index (κ2) is 6.06. The van der Waals surface area contributed by atoms with E-state index in [2.05, 4.69) is 23.5 Å². The number of ether oxygens (including phenoxy) is 1. The minimum Gasteiger partial charge on any atom is -0.496 e. The van der Waals surface area contributed by atoms with Gasteiger partial charge < -0.3 is 10.1 Å². The van der Waals surface area contributed by atoms with Gasteiger partial charge in [-0.2, -0.15) is 0 Å². The van der Waals surface area contributed by atoms with Crippen molar-refractivity contribution in [1.29, 1.82) is 0 Å². The summed E-state index contributed by atoms with van der Waals surface area (Å²) in [5, 5.41) is 3.18. The average Bonchev–Trinajstić information content (AvgIpc) is 2.40. The number of rotatable bonds is 4. The van der Waals surface area contributed by atoms with Crippen molar-refractivity contribution >= 4 is 0 Å². The molecule has 0 saturated carbocycles. The lowest BCUT2D eigenvalue weighted by Crippen LogP contribution is -2.20. The number of aryl methyl sites for hydroxylation is 2. The van der Waals surface area contributed by atoms with E-state index in [1.807, 2.05) is 20.9 Å². The summed E-state index contributed by atoms with van der Waals surface area (Å²) in [6.07, 6.45) is 0. The van der Waals surface area contributed by atoms with Crippen molar-refractivity contribution in [2.45, 2.75) is 19.9 Å². The molecular weight excluding hydrogens is 253 g/mol. The van der Waals surface area contributed by atoms with Gasteiger partial charge in [-0.1, -0.05) is 35.4 Å². The molecule has 3 heteroatoms. The molecule has 20 heavy (non-hydrogen) atoms. The fourth-order valence-electron chi connectivity index (χ4n) is 2.63. The molecule has 0 saturated heterocycles. The number of methoxy groups -OCH3 is 1. The van der Waals surface area contributed by atoms with Gasteiger partial charge in [-0.05, 0) is 38.6 Å². The van der Waals surface area contributed by atoms with Crippen LogP contribution in [0.25, 0.3) is 0 Å². The van der Waals surface area contributed by atoms with Gasteiger partial charge in [0.05, 0.1) is 18.7 Å². The number of halogens is 1. The standard InChI is InChI=1S/C17H20FNO/c1-11-8-12(2)10-13(9-11)17(19-3)16-14(18)6-5-7-15(16)20-4/h5-10,17,19H,1-4H3. The van der Waals surface area contributed by atoms with Crippen molar-refractivity contribution < 1.29 is 9.13 Å². The molecule has 106 valence electrons. The van der Waals surface area contributed by atoms with E-state index in [1.54, 1.807) is 19.2 Å². The second-order valence-electron chi connectivity index (χ2n) is 5.00. The Morgan fingerprint density at radius 1 is 1.10 bits per heavy atom. The summed E-state index contributed by atoms with van der Waals surface area (Å²) >= 11 is 0. The lowest BCUT2D eigenvalue weighted by Gasteiger charge is -2.21. The van der Waals surface area contributed by atoms with Crippen LogP contribution in [-0.4, -0.2) is 14.2 Å². The highest BCUT2D eigenvalue weighted by atomic mass is 19.1. The first-order valence-electron chi connectivity index (χ1n) is 6.64. The fourth-order valence-corrected chi connectivity index (χ4v) is 2.63. The average molecular weight is 273 g/mol. The van der Waals surface area contributed by atoms with Crippen LogP contribution in [-0.2, 0) is 0 Å². The SMILES string of the molecule is CNC(c1cc(C)cc(C)c1)c1c(F)cccc1OC. The maximum Gasteiger partial charge on any atom is 0.132 e. The Hall–Kier alpha value is -1.87. The van der Waals surface area contributed by atoms with E-state index in [9.17, 15) is 4.39 Å². The maximum absolute atomic E-state index is 14.2. The zero-order chi connectivity index (χ0) is 14.7. The van der Waals surface area contributed by atoms with E-state index in [0.29, 0.717) is 11.3 Å². The molecule has 2 nitrogen and oxygen atoms in total. The molecule has 1 N–H and O–H groups in total. The molecular formula is C17H20FNO. The number of nitrogens with one attached hydrogen (secondary N) is 1. The van der Waals surface area contributed by atoms with Crippen LogP contribution in [0.5, 0.6) is 5.75 Å². The number of hydrogen-bond donors (Lipinski definition) is 1. The summed E-state index contributed by atoms with van der Waals surface area (Å²) in [7, 11) is 3.39. The largest absolute Gasteiger partial charge is 0.496 e. The second-order valence-corrected chi connectivity index (χ2v) is 5.00. The minimum absolute atomic E-state index is 0.232. The Morgan fingerprint density at radius 3 is 2.30 bits per heavy atom. The van der Waals surface area contributed by atoms with Crippen LogP contribution in [0.2, 0.25) is 0 Å². The first-order chi connectivity index (χ1) is 9.56. The Morgan fingerprint density at radius 2 is 1.75 bits per heavy atom.